The molecule has 88 valence electrons. The molecule has 17 heavy (non-hydrogen) atoms. The summed E-state index contributed by atoms with van der Waals surface area (Å²) in [7, 11) is 0. The van der Waals surface area contributed by atoms with Gasteiger partial charge >= 0.3 is 0 Å². The van der Waals surface area contributed by atoms with Gasteiger partial charge in [0.05, 0.1) is 9.90 Å². The maximum Gasteiger partial charge on any atom is 0.178 e. The van der Waals surface area contributed by atoms with E-state index in [0.29, 0.717) is 16.3 Å². The number of rotatable bonds is 3. The van der Waals surface area contributed by atoms with Gasteiger partial charge in [-0.1, -0.05) is 45.7 Å². The maximum atomic E-state index is 12.1. The summed E-state index contributed by atoms with van der Waals surface area (Å²) in [6.07, 6.45) is 0.376. The second-order valence-electron chi connectivity index (χ2n) is 3.75. The van der Waals surface area contributed by atoms with Gasteiger partial charge < -0.3 is 0 Å². The van der Waals surface area contributed by atoms with Crippen molar-refractivity contribution in [1.82, 2.24) is 0 Å². The van der Waals surface area contributed by atoms with Crippen LogP contribution in [0.25, 0.3) is 0 Å². The average Bonchev–Trinajstić information content (AvgIpc) is 2.63. The molecule has 0 fully saturated rings. The first kappa shape index (κ1) is 12.8. The quantitative estimate of drug-likeness (QED) is 0.732. The normalized spacial score (nSPS) is 10.5. The summed E-state index contributed by atoms with van der Waals surface area (Å²) in [5, 5.41) is 2.50. The standard InChI is InChI=1S/C13H10BrClOS/c1-8-7-17-13(12(8)15)11(16)6-9-4-2-3-5-10(9)14/h2-5,7H,6H2,1H3. The van der Waals surface area contributed by atoms with Crippen molar-refractivity contribution in [3.8, 4) is 0 Å². The minimum atomic E-state index is 0.0694. The van der Waals surface area contributed by atoms with E-state index < -0.39 is 0 Å². The molecule has 0 atom stereocenters. The van der Waals surface area contributed by atoms with Gasteiger partial charge in [0.2, 0.25) is 0 Å². The SMILES string of the molecule is Cc1csc(C(=O)Cc2ccccc2Br)c1Cl. The van der Waals surface area contributed by atoms with E-state index in [0.717, 1.165) is 15.6 Å². The minimum absolute atomic E-state index is 0.0694. The van der Waals surface area contributed by atoms with Gasteiger partial charge in [0.1, 0.15) is 0 Å². The first-order valence-electron chi connectivity index (χ1n) is 5.10. The summed E-state index contributed by atoms with van der Waals surface area (Å²) in [6.45, 7) is 1.91. The monoisotopic (exact) mass is 328 g/mol. The third-order valence-corrected chi connectivity index (χ3v) is 4.97. The first-order chi connectivity index (χ1) is 8.09. The van der Waals surface area contributed by atoms with E-state index in [4.69, 9.17) is 11.6 Å². The predicted octanol–water partition coefficient (Wildman–Crippen LogP) is 4.90. The highest BCUT2D eigenvalue weighted by Crippen LogP contribution is 2.29. The van der Waals surface area contributed by atoms with E-state index in [2.05, 4.69) is 15.9 Å². The van der Waals surface area contributed by atoms with Gasteiger partial charge in [0.25, 0.3) is 0 Å². The molecule has 0 aliphatic heterocycles. The zero-order valence-corrected chi connectivity index (χ0v) is 12.3. The van der Waals surface area contributed by atoms with Gasteiger partial charge in [-0.2, -0.15) is 0 Å². The summed E-state index contributed by atoms with van der Waals surface area (Å²) < 4.78 is 0.956. The predicted molar refractivity (Wildman–Crippen MR) is 76.2 cm³/mol. The molecule has 0 aliphatic rings. The van der Waals surface area contributed by atoms with Crippen molar-refractivity contribution in [2.45, 2.75) is 13.3 Å². The Hall–Kier alpha value is -0.640. The van der Waals surface area contributed by atoms with Crippen LogP contribution in [0.4, 0.5) is 0 Å². The largest absolute Gasteiger partial charge is 0.293 e. The van der Waals surface area contributed by atoms with Crippen LogP contribution in [0.5, 0.6) is 0 Å². The molecular weight excluding hydrogens is 320 g/mol. The Balaban J connectivity index is 2.23. The fourth-order valence-electron chi connectivity index (χ4n) is 1.51. The van der Waals surface area contributed by atoms with E-state index in [-0.39, 0.29) is 5.78 Å². The number of hydrogen-bond donors (Lipinski definition) is 0. The molecule has 0 spiro atoms. The summed E-state index contributed by atoms with van der Waals surface area (Å²) in [5.74, 6) is 0.0694. The number of carbonyl (C=O) groups is 1. The molecule has 0 bridgehead atoms. The second kappa shape index (κ2) is 5.34. The van der Waals surface area contributed by atoms with E-state index in [9.17, 15) is 4.79 Å². The molecule has 0 radical (unpaired) electrons. The van der Waals surface area contributed by atoms with Crippen LogP contribution < -0.4 is 0 Å². The molecule has 4 heteroatoms. The average molecular weight is 330 g/mol. The van der Waals surface area contributed by atoms with Crippen LogP contribution in [-0.4, -0.2) is 5.78 Å². The van der Waals surface area contributed by atoms with Crippen molar-refractivity contribution < 1.29 is 4.79 Å². The molecule has 1 nitrogen and oxygen atoms in total. The number of ketones is 1. The Kier molecular flexibility index (Phi) is 4.02. The fourth-order valence-corrected chi connectivity index (χ4v) is 3.18. The number of aryl methyl sites for hydroxylation is 1. The van der Waals surface area contributed by atoms with Crippen molar-refractivity contribution in [2.75, 3.05) is 0 Å². The smallest absolute Gasteiger partial charge is 0.178 e. The molecule has 0 saturated heterocycles. The Bertz CT molecular complexity index is 562. The maximum absolute atomic E-state index is 12.1. The first-order valence-corrected chi connectivity index (χ1v) is 7.15. The van der Waals surface area contributed by atoms with Crippen LogP contribution in [0.1, 0.15) is 20.8 Å². The lowest BCUT2D eigenvalue weighted by Gasteiger charge is -2.02. The van der Waals surface area contributed by atoms with Crippen LogP contribution in [0, 0.1) is 6.92 Å². The molecule has 2 aromatic rings. The fraction of sp³-hybridized carbons (Fsp3) is 0.154. The number of benzene rings is 1. The van der Waals surface area contributed by atoms with Gasteiger partial charge in [-0.25, -0.2) is 0 Å². The second-order valence-corrected chi connectivity index (χ2v) is 5.87. The lowest BCUT2D eigenvalue weighted by Crippen LogP contribution is -2.02. The molecular formula is C13H10BrClOS. The van der Waals surface area contributed by atoms with Crippen molar-refractivity contribution in [2.24, 2.45) is 0 Å². The van der Waals surface area contributed by atoms with Crippen molar-refractivity contribution in [1.29, 1.82) is 0 Å². The van der Waals surface area contributed by atoms with E-state index >= 15 is 0 Å². The molecule has 1 heterocycles. The van der Waals surface area contributed by atoms with Crippen LogP contribution in [-0.2, 0) is 6.42 Å². The number of halogens is 2. The van der Waals surface area contributed by atoms with E-state index in [1.807, 2.05) is 36.6 Å². The molecule has 0 N–H and O–H groups in total. The molecule has 2 rings (SSSR count). The number of thiophene rings is 1. The highest BCUT2D eigenvalue weighted by molar-refractivity contribution is 9.10. The van der Waals surface area contributed by atoms with Gasteiger partial charge in [-0.15, -0.1) is 11.3 Å². The van der Waals surface area contributed by atoms with Crippen molar-refractivity contribution >= 4 is 44.7 Å². The van der Waals surface area contributed by atoms with Gasteiger partial charge in [-0.3, -0.25) is 4.79 Å². The van der Waals surface area contributed by atoms with Crippen molar-refractivity contribution in [3.63, 3.8) is 0 Å². The Morgan fingerprint density at radius 2 is 2.12 bits per heavy atom. The number of Topliss-reactive ketones (excluding diaryl/α,β-unsaturated/α-hetero) is 1. The molecule has 1 aromatic carbocycles. The third kappa shape index (κ3) is 2.79. The minimum Gasteiger partial charge on any atom is -0.293 e. The van der Waals surface area contributed by atoms with Gasteiger partial charge in [0.15, 0.2) is 5.78 Å². The summed E-state index contributed by atoms with van der Waals surface area (Å²) in [6, 6.07) is 7.73. The summed E-state index contributed by atoms with van der Waals surface area (Å²) in [5.41, 5.74) is 1.95. The van der Waals surface area contributed by atoms with Crippen LogP contribution in [0.2, 0.25) is 5.02 Å². The number of hydrogen-bond acceptors (Lipinski definition) is 2. The van der Waals surface area contributed by atoms with Gasteiger partial charge in [0, 0.05) is 10.9 Å². The lowest BCUT2D eigenvalue weighted by atomic mass is 10.1. The van der Waals surface area contributed by atoms with Crippen LogP contribution >= 0.6 is 38.9 Å². The van der Waals surface area contributed by atoms with Gasteiger partial charge in [-0.05, 0) is 29.5 Å². The van der Waals surface area contributed by atoms with Crippen molar-refractivity contribution in [3.05, 3.63) is 55.1 Å². The molecule has 1 aromatic heterocycles. The van der Waals surface area contributed by atoms with E-state index in [1.165, 1.54) is 11.3 Å². The van der Waals surface area contributed by atoms with Crippen LogP contribution in [0.15, 0.2) is 34.1 Å². The molecule has 0 amide bonds. The van der Waals surface area contributed by atoms with E-state index in [1.54, 1.807) is 0 Å². The molecule has 0 aliphatic carbocycles. The zero-order valence-electron chi connectivity index (χ0n) is 9.17. The lowest BCUT2D eigenvalue weighted by molar-refractivity contribution is 0.0997. The summed E-state index contributed by atoms with van der Waals surface area (Å²) in [4.78, 5) is 12.8. The number of carbonyl (C=O) groups excluding carboxylic acids is 1. The highest BCUT2D eigenvalue weighted by Gasteiger charge is 2.15. The topological polar surface area (TPSA) is 17.1 Å². The Morgan fingerprint density at radius 3 is 2.71 bits per heavy atom. The van der Waals surface area contributed by atoms with Crippen LogP contribution in [0.3, 0.4) is 0 Å². The summed E-state index contributed by atoms with van der Waals surface area (Å²) >= 11 is 10.9. The highest BCUT2D eigenvalue weighted by atomic mass is 79.9. The Labute approximate surface area is 118 Å². The third-order valence-electron chi connectivity index (χ3n) is 2.46. The zero-order chi connectivity index (χ0) is 12.4. The molecule has 0 saturated carbocycles. The Morgan fingerprint density at radius 1 is 1.41 bits per heavy atom. The molecule has 0 unspecified atom stereocenters.